The summed E-state index contributed by atoms with van der Waals surface area (Å²) in [7, 11) is 1.60. The van der Waals surface area contributed by atoms with Gasteiger partial charge in [0, 0.05) is 5.69 Å². The average molecular weight is 282 g/mol. The van der Waals surface area contributed by atoms with Crippen LogP contribution in [-0.2, 0) is 0 Å². The highest BCUT2D eigenvalue weighted by Gasteiger charge is 2.34. The standard InChI is InChI=1S/C16H14N2O3/c1-21-12-8-6-11(7-9-12)17-10-18-15(19)13-4-2-3-5-14(13)16(18)20/h2-9,17H,10H2,1H3. The third kappa shape index (κ3) is 2.33. The van der Waals surface area contributed by atoms with Gasteiger partial charge in [0.05, 0.1) is 24.9 Å². The van der Waals surface area contributed by atoms with Crippen molar-refractivity contribution in [2.75, 3.05) is 19.1 Å². The molecule has 1 aliphatic heterocycles. The van der Waals surface area contributed by atoms with Crippen LogP contribution in [0.4, 0.5) is 5.69 Å². The topological polar surface area (TPSA) is 58.6 Å². The summed E-state index contributed by atoms with van der Waals surface area (Å²) in [6, 6.07) is 14.1. The summed E-state index contributed by atoms with van der Waals surface area (Å²) in [6.07, 6.45) is 0. The molecule has 21 heavy (non-hydrogen) atoms. The van der Waals surface area contributed by atoms with Gasteiger partial charge in [-0.15, -0.1) is 0 Å². The first-order valence-electron chi connectivity index (χ1n) is 6.54. The summed E-state index contributed by atoms with van der Waals surface area (Å²) in [5, 5.41) is 3.06. The Hall–Kier alpha value is -2.82. The van der Waals surface area contributed by atoms with E-state index in [1.165, 1.54) is 4.90 Å². The molecule has 1 N–H and O–H groups in total. The Balaban J connectivity index is 1.72. The van der Waals surface area contributed by atoms with E-state index in [-0.39, 0.29) is 18.5 Å². The number of nitrogens with zero attached hydrogens (tertiary/aromatic N) is 1. The zero-order valence-corrected chi connectivity index (χ0v) is 11.5. The van der Waals surface area contributed by atoms with Gasteiger partial charge in [-0.25, -0.2) is 0 Å². The molecule has 0 unspecified atom stereocenters. The minimum Gasteiger partial charge on any atom is -0.497 e. The molecule has 2 aromatic rings. The summed E-state index contributed by atoms with van der Waals surface area (Å²) in [5.74, 6) is 0.217. The van der Waals surface area contributed by atoms with E-state index in [1.807, 2.05) is 24.3 Å². The van der Waals surface area contributed by atoms with E-state index in [0.29, 0.717) is 11.1 Å². The summed E-state index contributed by atoms with van der Waals surface area (Å²) >= 11 is 0. The molecule has 0 aromatic heterocycles. The summed E-state index contributed by atoms with van der Waals surface area (Å²) in [6.45, 7) is 0.138. The zero-order chi connectivity index (χ0) is 14.8. The fourth-order valence-corrected chi connectivity index (χ4v) is 2.26. The second-order valence-electron chi connectivity index (χ2n) is 4.65. The minimum absolute atomic E-state index is 0.138. The molecule has 0 atom stereocenters. The van der Waals surface area contributed by atoms with Crippen LogP contribution in [-0.4, -0.2) is 30.5 Å². The van der Waals surface area contributed by atoms with Crippen LogP contribution < -0.4 is 10.1 Å². The van der Waals surface area contributed by atoms with E-state index in [4.69, 9.17) is 4.74 Å². The molecule has 2 amide bonds. The van der Waals surface area contributed by atoms with Crippen LogP contribution in [0.25, 0.3) is 0 Å². The van der Waals surface area contributed by atoms with Gasteiger partial charge >= 0.3 is 0 Å². The second-order valence-corrected chi connectivity index (χ2v) is 4.65. The van der Waals surface area contributed by atoms with Crippen molar-refractivity contribution in [1.29, 1.82) is 0 Å². The van der Waals surface area contributed by atoms with E-state index in [0.717, 1.165) is 11.4 Å². The van der Waals surface area contributed by atoms with Crippen molar-refractivity contribution in [2.45, 2.75) is 0 Å². The number of methoxy groups -OCH3 is 1. The van der Waals surface area contributed by atoms with Crippen LogP contribution >= 0.6 is 0 Å². The lowest BCUT2D eigenvalue weighted by Crippen LogP contribution is -2.34. The summed E-state index contributed by atoms with van der Waals surface area (Å²) in [4.78, 5) is 25.6. The molecular formula is C16H14N2O3. The maximum absolute atomic E-state index is 12.2. The van der Waals surface area contributed by atoms with Crippen LogP contribution in [0.15, 0.2) is 48.5 Å². The number of nitrogens with one attached hydrogen (secondary N) is 1. The fourth-order valence-electron chi connectivity index (χ4n) is 2.26. The van der Waals surface area contributed by atoms with Crippen LogP contribution in [0.3, 0.4) is 0 Å². The number of carbonyl (C=O) groups is 2. The highest BCUT2D eigenvalue weighted by atomic mass is 16.5. The number of anilines is 1. The molecular weight excluding hydrogens is 268 g/mol. The van der Waals surface area contributed by atoms with Gasteiger partial charge in [0.25, 0.3) is 11.8 Å². The molecule has 0 saturated heterocycles. The van der Waals surface area contributed by atoms with E-state index in [2.05, 4.69) is 5.32 Å². The van der Waals surface area contributed by atoms with Gasteiger partial charge in [0.1, 0.15) is 5.75 Å². The molecule has 0 radical (unpaired) electrons. The van der Waals surface area contributed by atoms with E-state index in [9.17, 15) is 9.59 Å². The predicted octanol–water partition coefficient (Wildman–Crippen LogP) is 2.36. The van der Waals surface area contributed by atoms with Gasteiger partial charge in [0.2, 0.25) is 0 Å². The maximum atomic E-state index is 12.2. The van der Waals surface area contributed by atoms with Crippen LogP contribution in [0, 0.1) is 0 Å². The quantitative estimate of drug-likeness (QED) is 0.875. The monoisotopic (exact) mass is 282 g/mol. The number of carbonyl (C=O) groups excluding carboxylic acids is 2. The van der Waals surface area contributed by atoms with Gasteiger partial charge < -0.3 is 10.1 Å². The van der Waals surface area contributed by atoms with Crippen molar-refractivity contribution < 1.29 is 14.3 Å². The van der Waals surface area contributed by atoms with Crippen molar-refractivity contribution in [2.24, 2.45) is 0 Å². The highest BCUT2D eigenvalue weighted by Crippen LogP contribution is 2.22. The first-order valence-corrected chi connectivity index (χ1v) is 6.54. The lowest BCUT2D eigenvalue weighted by Gasteiger charge is -2.15. The first kappa shape index (κ1) is 13.2. The van der Waals surface area contributed by atoms with Crippen molar-refractivity contribution >= 4 is 17.5 Å². The van der Waals surface area contributed by atoms with Crippen molar-refractivity contribution in [3.8, 4) is 5.75 Å². The number of hydrogen-bond donors (Lipinski definition) is 1. The second kappa shape index (κ2) is 5.28. The van der Waals surface area contributed by atoms with Gasteiger partial charge in [-0.3, -0.25) is 14.5 Å². The molecule has 2 aromatic carbocycles. The lowest BCUT2D eigenvalue weighted by molar-refractivity contribution is 0.0666. The van der Waals surface area contributed by atoms with Gasteiger partial charge in [-0.2, -0.15) is 0 Å². The third-order valence-electron chi connectivity index (χ3n) is 3.41. The van der Waals surface area contributed by atoms with E-state index in [1.54, 1.807) is 31.4 Å². The number of rotatable bonds is 4. The highest BCUT2D eigenvalue weighted by molar-refractivity contribution is 6.21. The molecule has 0 bridgehead atoms. The zero-order valence-electron chi connectivity index (χ0n) is 11.5. The Bertz CT molecular complexity index is 660. The molecule has 5 nitrogen and oxygen atoms in total. The fraction of sp³-hybridized carbons (Fsp3) is 0.125. The van der Waals surface area contributed by atoms with Gasteiger partial charge in [-0.1, -0.05) is 12.1 Å². The van der Waals surface area contributed by atoms with Gasteiger partial charge in [0.15, 0.2) is 0 Å². The van der Waals surface area contributed by atoms with Crippen molar-refractivity contribution in [3.63, 3.8) is 0 Å². The minimum atomic E-state index is -0.267. The molecule has 0 spiro atoms. The molecule has 1 aliphatic rings. The molecule has 0 saturated carbocycles. The Morgan fingerprint density at radius 1 is 0.952 bits per heavy atom. The number of benzene rings is 2. The number of amides is 2. The molecule has 1 heterocycles. The third-order valence-corrected chi connectivity index (χ3v) is 3.41. The van der Waals surface area contributed by atoms with Crippen LogP contribution in [0.5, 0.6) is 5.75 Å². The maximum Gasteiger partial charge on any atom is 0.263 e. The number of ether oxygens (including phenoxy) is 1. The Kier molecular flexibility index (Phi) is 3.31. The molecule has 3 rings (SSSR count). The lowest BCUT2D eigenvalue weighted by atomic mass is 10.1. The van der Waals surface area contributed by atoms with Crippen molar-refractivity contribution in [1.82, 2.24) is 4.90 Å². The molecule has 0 fully saturated rings. The van der Waals surface area contributed by atoms with Crippen LogP contribution in [0.1, 0.15) is 20.7 Å². The van der Waals surface area contributed by atoms with Crippen LogP contribution in [0.2, 0.25) is 0 Å². The SMILES string of the molecule is COc1ccc(NCN2C(=O)c3ccccc3C2=O)cc1. The van der Waals surface area contributed by atoms with Gasteiger partial charge in [-0.05, 0) is 36.4 Å². The van der Waals surface area contributed by atoms with Crippen molar-refractivity contribution in [3.05, 3.63) is 59.7 Å². The molecule has 5 heteroatoms. The predicted molar refractivity (Wildman–Crippen MR) is 78.4 cm³/mol. The summed E-state index contributed by atoms with van der Waals surface area (Å²) in [5.41, 5.74) is 1.73. The normalized spacial score (nSPS) is 13.3. The Labute approximate surface area is 122 Å². The van der Waals surface area contributed by atoms with E-state index < -0.39 is 0 Å². The number of fused-ring (bicyclic) bond motifs is 1. The number of imide groups is 1. The average Bonchev–Trinajstić information content (AvgIpc) is 2.78. The molecule has 0 aliphatic carbocycles. The molecule has 106 valence electrons. The smallest absolute Gasteiger partial charge is 0.263 e. The summed E-state index contributed by atoms with van der Waals surface area (Å²) < 4.78 is 5.08. The van der Waals surface area contributed by atoms with E-state index >= 15 is 0 Å². The first-order chi connectivity index (χ1) is 10.2. The largest absolute Gasteiger partial charge is 0.497 e. The Morgan fingerprint density at radius 2 is 1.52 bits per heavy atom. The number of hydrogen-bond acceptors (Lipinski definition) is 4. The Morgan fingerprint density at radius 3 is 2.05 bits per heavy atom.